The molecule has 3 aromatic rings. The number of carbonyl (C=O) groups is 1. The van der Waals surface area contributed by atoms with Crippen molar-refractivity contribution in [2.24, 2.45) is 0 Å². The van der Waals surface area contributed by atoms with Gasteiger partial charge in [0.2, 0.25) is 0 Å². The Hall–Kier alpha value is -2.62. The molecule has 0 aliphatic heterocycles. The predicted molar refractivity (Wildman–Crippen MR) is 80.0 cm³/mol. The summed E-state index contributed by atoms with van der Waals surface area (Å²) in [6, 6.07) is 9.92. The van der Waals surface area contributed by atoms with Gasteiger partial charge in [0.05, 0.1) is 16.8 Å². The van der Waals surface area contributed by atoms with Crippen LogP contribution in [0.1, 0.15) is 28.9 Å². The molecule has 2 aromatic heterocycles. The third-order valence-electron chi connectivity index (χ3n) is 3.85. The van der Waals surface area contributed by atoms with Crippen molar-refractivity contribution in [2.45, 2.75) is 19.3 Å². The average Bonchev–Trinajstić information content (AvgIpc) is 2.54. The van der Waals surface area contributed by atoms with Crippen LogP contribution >= 0.6 is 0 Å². The van der Waals surface area contributed by atoms with Crippen molar-refractivity contribution in [3.05, 3.63) is 54.0 Å². The highest BCUT2D eigenvalue weighted by atomic mass is 16.1. The zero-order chi connectivity index (χ0) is 14.2. The Kier molecular flexibility index (Phi) is 2.74. The zero-order valence-corrected chi connectivity index (χ0v) is 11.4. The van der Waals surface area contributed by atoms with Gasteiger partial charge in [-0.05, 0) is 37.1 Å². The Bertz CT molecular complexity index is 858. The van der Waals surface area contributed by atoms with Gasteiger partial charge in [0.15, 0.2) is 11.6 Å². The maximum Gasteiger partial charge on any atom is 0.166 e. The number of rotatable bonds is 1. The van der Waals surface area contributed by atoms with E-state index in [-0.39, 0.29) is 5.78 Å². The minimum Gasteiger partial charge on any atom is -0.294 e. The van der Waals surface area contributed by atoms with Gasteiger partial charge >= 0.3 is 0 Å². The fourth-order valence-electron chi connectivity index (χ4n) is 2.75. The number of pyridine rings is 1. The highest BCUT2D eigenvalue weighted by molar-refractivity contribution is 5.97. The Labute approximate surface area is 121 Å². The maximum absolute atomic E-state index is 11.8. The van der Waals surface area contributed by atoms with Crippen LogP contribution in [0.5, 0.6) is 0 Å². The van der Waals surface area contributed by atoms with Crippen LogP contribution in [-0.2, 0) is 6.42 Å². The summed E-state index contributed by atoms with van der Waals surface area (Å²) in [7, 11) is 0. The molecule has 0 fully saturated rings. The fraction of sp³-hybridized carbons (Fsp3) is 0.176. The summed E-state index contributed by atoms with van der Waals surface area (Å²) in [4.78, 5) is 25.1. The predicted octanol–water partition coefficient (Wildman–Crippen LogP) is 3.21. The third-order valence-corrected chi connectivity index (χ3v) is 3.85. The van der Waals surface area contributed by atoms with Crippen molar-refractivity contribution >= 4 is 16.7 Å². The topological polar surface area (TPSA) is 55.7 Å². The average molecular weight is 275 g/mol. The number of benzene rings is 1. The van der Waals surface area contributed by atoms with Crippen LogP contribution in [0.3, 0.4) is 0 Å². The molecular weight excluding hydrogens is 262 g/mol. The van der Waals surface area contributed by atoms with E-state index < -0.39 is 0 Å². The summed E-state index contributed by atoms with van der Waals surface area (Å²) in [6.45, 7) is 0. The van der Waals surface area contributed by atoms with Gasteiger partial charge in [0.1, 0.15) is 0 Å². The van der Waals surface area contributed by atoms with E-state index in [9.17, 15) is 4.79 Å². The van der Waals surface area contributed by atoms with Crippen LogP contribution in [0.25, 0.3) is 22.3 Å². The molecule has 0 saturated carbocycles. The molecule has 0 amide bonds. The summed E-state index contributed by atoms with van der Waals surface area (Å²) < 4.78 is 0. The number of hydrogen-bond acceptors (Lipinski definition) is 4. The molecule has 0 radical (unpaired) electrons. The normalized spacial score (nSPS) is 14.2. The maximum atomic E-state index is 11.8. The first kappa shape index (κ1) is 12.1. The number of fused-ring (bicyclic) bond motifs is 2. The minimum absolute atomic E-state index is 0.158. The molecule has 4 rings (SSSR count). The molecule has 0 unspecified atom stereocenters. The van der Waals surface area contributed by atoms with E-state index in [1.807, 2.05) is 30.3 Å². The zero-order valence-electron chi connectivity index (χ0n) is 11.4. The summed E-state index contributed by atoms with van der Waals surface area (Å²) in [6.07, 6.45) is 5.79. The van der Waals surface area contributed by atoms with Crippen LogP contribution < -0.4 is 0 Å². The number of aryl methyl sites for hydroxylation is 1. The van der Waals surface area contributed by atoms with Crippen molar-refractivity contribution in [3.63, 3.8) is 0 Å². The molecule has 2 heterocycles. The molecule has 4 heteroatoms. The van der Waals surface area contributed by atoms with Crippen molar-refractivity contribution in [1.82, 2.24) is 15.0 Å². The number of aromatic nitrogens is 3. The minimum atomic E-state index is 0.158. The smallest absolute Gasteiger partial charge is 0.166 e. The molecule has 0 saturated heterocycles. The first-order chi connectivity index (χ1) is 10.3. The van der Waals surface area contributed by atoms with Gasteiger partial charge in [0.25, 0.3) is 0 Å². The Balaban J connectivity index is 1.83. The van der Waals surface area contributed by atoms with Gasteiger partial charge in [-0.15, -0.1) is 0 Å². The fourth-order valence-corrected chi connectivity index (χ4v) is 2.75. The third kappa shape index (κ3) is 2.09. The lowest BCUT2D eigenvalue weighted by Crippen LogP contribution is -2.13. The van der Waals surface area contributed by atoms with Crippen molar-refractivity contribution < 1.29 is 4.79 Å². The second kappa shape index (κ2) is 4.74. The second-order valence-corrected chi connectivity index (χ2v) is 5.24. The van der Waals surface area contributed by atoms with Gasteiger partial charge < -0.3 is 0 Å². The SMILES string of the molecule is O=C1CCCc2nc(-c3ccc4ncccc4c3)ncc21. The van der Waals surface area contributed by atoms with E-state index in [1.165, 1.54) is 0 Å². The summed E-state index contributed by atoms with van der Waals surface area (Å²) >= 11 is 0. The number of hydrogen-bond donors (Lipinski definition) is 0. The van der Waals surface area contributed by atoms with Gasteiger partial charge in [-0.25, -0.2) is 9.97 Å². The lowest BCUT2D eigenvalue weighted by atomic mass is 9.96. The Morgan fingerprint density at radius 1 is 1.05 bits per heavy atom. The van der Waals surface area contributed by atoms with Gasteiger partial charge in [-0.3, -0.25) is 9.78 Å². The van der Waals surface area contributed by atoms with E-state index in [0.29, 0.717) is 17.8 Å². The van der Waals surface area contributed by atoms with Crippen molar-refractivity contribution in [3.8, 4) is 11.4 Å². The lowest BCUT2D eigenvalue weighted by Gasteiger charge is -2.13. The standard InChI is InChI=1S/C17H13N3O/c21-16-5-1-4-15-13(16)10-19-17(20-15)12-6-7-14-11(9-12)3-2-8-18-14/h2-3,6-10H,1,4-5H2. The Morgan fingerprint density at radius 2 is 2.00 bits per heavy atom. The van der Waals surface area contributed by atoms with Crippen molar-refractivity contribution in [1.29, 1.82) is 0 Å². The molecule has 0 N–H and O–H groups in total. The second-order valence-electron chi connectivity index (χ2n) is 5.24. The lowest BCUT2D eigenvalue weighted by molar-refractivity contribution is 0.0971. The monoisotopic (exact) mass is 275 g/mol. The molecule has 1 aliphatic rings. The van der Waals surface area contributed by atoms with Crippen LogP contribution in [0, 0.1) is 0 Å². The molecular formula is C17H13N3O. The number of carbonyl (C=O) groups excluding carboxylic acids is 1. The largest absolute Gasteiger partial charge is 0.294 e. The number of ketones is 1. The first-order valence-corrected chi connectivity index (χ1v) is 7.05. The number of Topliss-reactive ketones (excluding diaryl/α,β-unsaturated/α-hetero) is 1. The summed E-state index contributed by atoms with van der Waals surface area (Å²) in [5.41, 5.74) is 3.47. The molecule has 0 atom stereocenters. The summed E-state index contributed by atoms with van der Waals surface area (Å²) in [5.74, 6) is 0.833. The quantitative estimate of drug-likeness (QED) is 0.684. The molecule has 102 valence electrons. The van der Waals surface area contributed by atoms with Crippen molar-refractivity contribution in [2.75, 3.05) is 0 Å². The molecule has 0 spiro atoms. The van der Waals surface area contributed by atoms with Gasteiger partial charge in [-0.1, -0.05) is 6.07 Å². The molecule has 4 nitrogen and oxygen atoms in total. The van der Waals surface area contributed by atoms with Crippen LogP contribution in [0.15, 0.2) is 42.7 Å². The highest BCUT2D eigenvalue weighted by Gasteiger charge is 2.19. The van der Waals surface area contributed by atoms with E-state index in [1.54, 1.807) is 12.4 Å². The molecule has 1 aliphatic carbocycles. The Morgan fingerprint density at radius 3 is 2.95 bits per heavy atom. The van der Waals surface area contributed by atoms with E-state index in [4.69, 9.17) is 0 Å². The van der Waals surface area contributed by atoms with Crippen LogP contribution in [0.4, 0.5) is 0 Å². The summed E-state index contributed by atoms with van der Waals surface area (Å²) in [5, 5.41) is 1.06. The highest BCUT2D eigenvalue weighted by Crippen LogP contribution is 2.24. The van der Waals surface area contributed by atoms with E-state index in [2.05, 4.69) is 15.0 Å². The molecule has 21 heavy (non-hydrogen) atoms. The van der Waals surface area contributed by atoms with E-state index in [0.717, 1.165) is 35.0 Å². The van der Waals surface area contributed by atoms with Crippen LogP contribution in [0.2, 0.25) is 0 Å². The van der Waals surface area contributed by atoms with Gasteiger partial charge in [-0.2, -0.15) is 0 Å². The first-order valence-electron chi connectivity index (χ1n) is 7.05. The van der Waals surface area contributed by atoms with Gasteiger partial charge in [0, 0.05) is 29.8 Å². The molecule has 0 bridgehead atoms. The molecule has 1 aromatic carbocycles. The number of nitrogens with zero attached hydrogens (tertiary/aromatic N) is 3. The van der Waals surface area contributed by atoms with E-state index >= 15 is 0 Å². The van der Waals surface area contributed by atoms with Crippen LogP contribution in [-0.4, -0.2) is 20.7 Å².